The van der Waals surface area contributed by atoms with Crippen LogP contribution in [0.1, 0.15) is 15.9 Å². The predicted molar refractivity (Wildman–Crippen MR) is 85.4 cm³/mol. The molecule has 0 heterocycles. The number of hydrogen-bond acceptors (Lipinski definition) is 4. The average Bonchev–Trinajstić information content (AvgIpc) is 2.58. The van der Waals surface area contributed by atoms with Gasteiger partial charge in [-0.2, -0.15) is 13.2 Å². The van der Waals surface area contributed by atoms with Gasteiger partial charge in [-0.1, -0.05) is 6.07 Å². The molecule has 0 aliphatic carbocycles. The first kappa shape index (κ1) is 18.2. The smallest absolute Gasteiger partial charge is 0.383 e. The van der Waals surface area contributed by atoms with Crippen molar-refractivity contribution < 1.29 is 22.9 Å². The third-order valence-corrected chi connectivity index (χ3v) is 3.27. The quantitative estimate of drug-likeness (QED) is 0.473. The zero-order valence-corrected chi connectivity index (χ0v) is 12.8. The zero-order valence-electron chi connectivity index (χ0n) is 12.8. The summed E-state index contributed by atoms with van der Waals surface area (Å²) in [5.41, 5.74) is -0.378. The number of benzene rings is 2. The number of anilines is 1. The summed E-state index contributed by atoms with van der Waals surface area (Å²) in [5, 5.41) is 16.0. The van der Waals surface area contributed by atoms with Gasteiger partial charge in [0.25, 0.3) is 11.6 Å². The van der Waals surface area contributed by atoms with Crippen molar-refractivity contribution in [2.75, 3.05) is 18.4 Å². The summed E-state index contributed by atoms with van der Waals surface area (Å²) >= 11 is 0. The predicted octanol–water partition coefficient (Wildman–Crippen LogP) is 3.46. The van der Waals surface area contributed by atoms with Gasteiger partial charge in [-0.3, -0.25) is 14.9 Å². The van der Waals surface area contributed by atoms with E-state index in [-0.39, 0.29) is 17.8 Å². The maximum Gasteiger partial charge on any atom is 0.416 e. The molecule has 2 aromatic rings. The third kappa shape index (κ3) is 5.20. The third-order valence-electron chi connectivity index (χ3n) is 3.27. The topological polar surface area (TPSA) is 84.3 Å². The van der Waals surface area contributed by atoms with Gasteiger partial charge in [-0.05, 0) is 30.3 Å². The monoisotopic (exact) mass is 353 g/mol. The summed E-state index contributed by atoms with van der Waals surface area (Å²) in [6, 6.07) is 9.87. The lowest BCUT2D eigenvalue weighted by Gasteiger charge is -2.10. The van der Waals surface area contributed by atoms with E-state index in [2.05, 4.69) is 10.6 Å². The lowest BCUT2D eigenvalue weighted by molar-refractivity contribution is -0.384. The van der Waals surface area contributed by atoms with Gasteiger partial charge in [0, 0.05) is 36.5 Å². The Morgan fingerprint density at radius 2 is 1.76 bits per heavy atom. The van der Waals surface area contributed by atoms with Crippen LogP contribution in [0.2, 0.25) is 0 Å². The molecule has 6 nitrogen and oxygen atoms in total. The summed E-state index contributed by atoms with van der Waals surface area (Å²) < 4.78 is 37.9. The van der Waals surface area contributed by atoms with Crippen LogP contribution in [0, 0.1) is 10.1 Å². The normalized spacial score (nSPS) is 11.0. The van der Waals surface area contributed by atoms with Crippen LogP contribution in [0.5, 0.6) is 0 Å². The molecule has 2 aromatic carbocycles. The highest BCUT2D eigenvalue weighted by atomic mass is 19.4. The second-order valence-electron chi connectivity index (χ2n) is 5.07. The number of non-ortho nitro benzene ring substituents is 1. The van der Waals surface area contributed by atoms with E-state index < -0.39 is 22.6 Å². The van der Waals surface area contributed by atoms with Crippen LogP contribution in [0.15, 0.2) is 48.5 Å². The van der Waals surface area contributed by atoms with E-state index in [1.54, 1.807) is 0 Å². The number of hydrogen-bond donors (Lipinski definition) is 2. The molecule has 0 saturated heterocycles. The van der Waals surface area contributed by atoms with Crippen LogP contribution in [0.3, 0.4) is 0 Å². The van der Waals surface area contributed by atoms with Crippen LogP contribution >= 0.6 is 0 Å². The van der Waals surface area contributed by atoms with E-state index in [9.17, 15) is 28.1 Å². The van der Waals surface area contributed by atoms with Crippen LogP contribution < -0.4 is 10.6 Å². The number of nitrogens with one attached hydrogen (secondary N) is 2. The zero-order chi connectivity index (χ0) is 18.4. The SMILES string of the molecule is O=C(NCCNc1ccc([N+](=O)[O-])cc1)c1cccc(C(F)(F)F)c1. The van der Waals surface area contributed by atoms with Crippen molar-refractivity contribution in [3.8, 4) is 0 Å². The summed E-state index contributed by atoms with van der Waals surface area (Å²) in [6.45, 7) is 0.481. The number of carbonyl (C=O) groups is 1. The van der Waals surface area contributed by atoms with Crippen molar-refractivity contribution in [1.29, 1.82) is 0 Å². The van der Waals surface area contributed by atoms with Gasteiger partial charge < -0.3 is 10.6 Å². The minimum absolute atomic E-state index is 0.0385. The van der Waals surface area contributed by atoms with E-state index in [1.807, 2.05) is 0 Å². The van der Waals surface area contributed by atoms with Crippen molar-refractivity contribution in [1.82, 2.24) is 5.32 Å². The van der Waals surface area contributed by atoms with Gasteiger partial charge in [0.15, 0.2) is 0 Å². The Morgan fingerprint density at radius 3 is 2.36 bits per heavy atom. The van der Waals surface area contributed by atoms with Gasteiger partial charge >= 0.3 is 6.18 Å². The lowest BCUT2D eigenvalue weighted by Crippen LogP contribution is -2.29. The summed E-state index contributed by atoms with van der Waals surface area (Å²) in [5.74, 6) is -0.614. The minimum Gasteiger partial charge on any atom is -0.383 e. The molecule has 0 saturated carbocycles. The molecule has 0 spiro atoms. The number of nitro benzene ring substituents is 1. The molecule has 0 aliphatic heterocycles. The Bertz CT molecular complexity index is 761. The fourth-order valence-electron chi connectivity index (χ4n) is 2.02. The number of rotatable bonds is 6. The first-order chi connectivity index (χ1) is 11.8. The Labute approximate surface area is 140 Å². The summed E-state index contributed by atoms with van der Waals surface area (Å²) in [7, 11) is 0. The molecule has 0 unspecified atom stereocenters. The van der Waals surface area contributed by atoms with E-state index in [1.165, 1.54) is 36.4 Å². The minimum atomic E-state index is -4.51. The highest BCUT2D eigenvalue weighted by molar-refractivity contribution is 5.94. The number of amides is 1. The Morgan fingerprint density at radius 1 is 1.08 bits per heavy atom. The van der Waals surface area contributed by atoms with Crippen molar-refractivity contribution in [2.45, 2.75) is 6.18 Å². The van der Waals surface area contributed by atoms with Gasteiger partial charge in [-0.15, -0.1) is 0 Å². The Balaban J connectivity index is 1.83. The number of nitro groups is 1. The average molecular weight is 353 g/mol. The van der Waals surface area contributed by atoms with Crippen LogP contribution in [0.25, 0.3) is 0 Å². The molecule has 25 heavy (non-hydrogen) atoms. The largest absolute Gasteiger partial charge is 0.416 e. The summed E-state index contributed by atoms with van der Waals surface area (Å²) in [6.07, 6.45) is -4.51. The molecule has 0 fully saturated rings. The van der Waals surface area contributed by atoms with Gasteiger partial charge in [0.1, 0.15) is 0 Å². The maximum absolute atomic E-state index is 12.6. The van der Waals surface area contributed by atoms with E-state index >= 15 is 0 Å². The van der Waals surface area contributed by atoms with Crippen molar-refractivity contribution >= 4 is 17.3 Å². The number of carbonyl (C=O) groups excluding carboxylic acids is 1. The van der Waals surface area contributed by atoms with Gasteiger partial charge in [-0.25, -0.2) is 0 Å². The number of halogens is 3. The number of nitrogens with zero attached hydrogens (tertiary/aromatic N) is 1. The van der Waals surface area contributed by atoms with E-state index in [0.29, 0.717) is 12.2 Å². The highest BCUT2D eigenvalue weighted by Crippen LogP contribution is 2.29. The molecule has 0 aromatic heterocycles. The molecule has 1 amide bonds. The molecule has 0 aliphatic rings. The standard InChI is InChI=1S/C16H14F3N3O3/c17-16(18,19)12-3-1-2-11(10-12)15(23)21-9-8-20-13-4-6-14(7-5-13)22(24)25/h1-7,10,20H,8-9H2,(H,21,23). The van der Waals surface area contributed by atoms with Crippen LogP contribution in [-0.4, -0.2) is 23.9 Å². The van der Waals surface area contributed by atoms with Crippen molar-refractivity contribution in [2.24, 2.45) is 0 Å². The Hall–Kier alpha value is -3.10. The number of alkyl halides is 3. The molecule has 2 N–H and O–H groups in total. The van der Waals surface area contributed by atoms with E-state index in [0.717, 1.165) is 12.1 Å². The van der Waals surface area contributed by atoms with Crippen molar-refractivity contribution in [3.63, 3.8) is 0 Å². The Kier molecular flexibility index (Phi) is 5.58. The van der Waals surface area contributed by atoms with Gasteiger partial charge in [0.2, 0.25) is 0 Å². The first-order valence-electron chi connectivity index (χ1n) is 7.21. The second-order valence-corrected chi connectivity index (χ2v) is 5.07. The lowest BCUT2D eigenvalue weighted by atomic mass is 10.1. The maximum atomic E-state index is 12.6. The molecule has 132 valence electrons. The van der Waals surface area contributed by atoms with Crippen LogP contribution in [0.4, 0.5) is 24.5 Å². The van der Waals surface area contributed by atoms with Crippen molar-refractivity contribution in [3.05, 3.63) is 69.8 Å². The molecule has 0 bridgehead atoms. The van der Waals surface area contributed by atoms with Gasteiger partial charge in [0.05, 0.1) is 10.5 Å². The molecule has 0 atom stereocenters. The van der Waals surface area contributed by atoms with E-state index in [4.69, 9.17) is 0 Å². The molecule has 9 heteroatoms. The molecular formula is C16H14F3N3O3. The fraction of sp³-hybridized carbons (Fsp3) is 0.188. The highest BCUT2D eigenvalue weighted by Gasteiger charge is 2.30. The first-order valence-corrected chi connectivity index (χ1v) is 7.21. The molecule has 2 rings (SSSR count). The molecule has 0 radical (unpaired) electrons. The summed E-state index contributed by atoms with van der Waals surface area (Å²) in [4.78, 5) is 21.9. The second kappa shape index (κ2) is 7.65. The fourth-order valence-corrected chi connectivity index (χ4v) is 2.02. The molecular weight excluding hydrogens is 339 g/mol. The van der Waals surface area contributed by atoms with Crippen LogP contribution in [-0.2, 0) is 6.18 Å².